The van der Waals surface area contributed by atoms with Gasteiger partial charge in [0.15, 0.2) is 0 Å². The van der Waals surface area contributed by atoms with Crippen molar-refractivity contribution in [3.8, 4) is 5.69 Å². The van der Waals surface area contributed by atoms with Crippen LogP contribution in [0.1, 0.15) is 16.1 Å². The molecule has 0 saturated heterocycles. The van der Waals surface area contributed by atoms with Crippen LogP contribution < -0.4 is 5.32 Å². The smallest absolute Gasteiger partial charge is 0.251 e. The Morgan fingerprint density at radius 3 is 3.00 bits per heavy atom. The summed E-state index contributed by atoms with van der Waals surface area (Å²) in [5, 5.41) is 10.9. The van der Waals surface area contributed by atoms with E-state index in [0.717, 1.165) is 28.4 Å². The summed E-state index contributed by atoms with van der Waals surface area (Å²) in [5.41, 5.74) is 3.51. The number of carbonyl (C=O) groups is 1. The van der Waals surface area contributed by atoms with E-state index in [0.29, 0.717) is 11.3 Å². The SMILES string of the molecule is O=C(NCc1cn(-c2cccnc2)nn1)c1ccc2nsnc2c1. The van der Waals surface area contributed by atoms with Crippen LogP contribution in [-0.2, 0) is 6.54 Å². The number of aromatic nitrogens is 6. The number of pyridine rings is 1. The Kier molecular flexibility index (Phi) is 3.67. The van der Waals surface area contributed by atoms with Crippen LogP contribution in [0.3, 0.4) is 0 Å². The lowest BCUT2D eigenvalue weighted by atomic mass is 10.2. The topological polar surface area (TPSA) is 98.5 Å². The van der Waals surface area contributed by atoms with Gasteiger partial charge in [-0.25, -0.2) is 4.68 Å². The van der Waals surface area contributed by atoms with Crippen molar-refractivity contribution in [2.24, 2.45) is 0 Å². The van der Waals surface area contributed by atoms with Crippen molar-refractivity contribution in [2.45, 2.75) is 6.54 Å². The molecule has 3 aromatic heterocycles. The predicted molar refractivity (Wildman–Crippen MR) is 87.7 cm³/mol. The van der Waals surface area contributed by atoms with Crippen molar-refractivity contribution in [3.63, 3.8) is 0 Å². The maximum Gasteiger partial charge on any atom is 0.251 e. The number of nitrogens with zero attached hydrogens (tertiary/aromatic N) is 6. The van der Waals surface area contributed by atoms with E-state index in [1.807, 2.05) is 12.1 Å². The summed E-state index contributed by atoms with van der Waals surface area (Å²) in [4.78, 5) is 16.3. The standard InChI is InChI=1S/C15H11N7OS/c23-15(10-3-4-13-14(6-10)20-24-19-13)17-7-11-9-22(21-18-11)12-2-1-5-16-8-12/h1-6,8-9H,7H2,(H,17,23). The van der Waals surface area contributed by atoms with Gasteiger partial charge in [-0.3, -0.25) is 9.78 Å². The van der Waals surface area contributed by atoms with Crippen LogP contribution in [0.4, 0.5) is 0 Å². The summed E-state index contributed by atoms with van der Waals surface area (Å²) in [6.45, 7) is 0.284. The maximum absolute atomic E-state index is 12.2. The first kappa shape index (κ1) is 14.4. The van der Waals surface area contributed by atoms with Gasteiger partial charge in [0.25, 0.3) is 5.91 Å². The Morgan fingerprint density at radius 1 is 1.21 bits per heavy atom. The molecule has 0 atom stereocenters. The molecule has 0 aliphatic carbocycles. The number of hydrogen-bond acceptors (Lipinski definition) is 7. The molecule has 1 N–H and O–H groups in total. The van der Waals surface area contributed by atoms with Crippen molar-refractivity contribution in [2.75, 3.05) is 0 Å². The van der Waals surface area contributed by atoms with Gasteiger partial charge in [-0.2, -0.15) is 8.75 Å². The van der Waals surface area contributed by atoms with Crippen LogP contribution in [0.25, 0.3) is 16.7 Å². The monoisotopic (exact) mass is 337 g/mol. The zero-order valence-electron chi connectivity index (χ0n) is 12.3. The fourth-order valence-corrected chi connectivity index (χ4v) is 2.71. The molecule has 0 spiro atoms. The van der Waals surface area contributed by atoms with Crippen molar-refractivity contribution < 1.29 is 4.79 Å². The van der Waals surface area contributed by atoms with E-state index in [1.54, 1.807) is 41.5 Å². The van der Waals surface area contributed by atoms with E-state index < -0.39 is 0 Å². The summed E-state index contributed by atoms with van der Waals surface area (Å²) >= 11 is 1.13. The molecule has 0 fully saturated rings. The van der Waals surface area contributed by atoms with Gasteiger partial charge < -0.3 is 5.32 Å². The van der Waals surface area contributed by atoms with Crippen molar-refractivity contribution in [1.82, 2.24) is 34.0 Å². The molecule has 1 amide bonds. The molecule has 0 aliphatic heterocycles. The van der Waals surface area contributed by atoms with Crippen LogP contribution in [-0.4, -0.2) is 34.6 Å². The maximum atomic E-state index is 12.2. The van der Waals surface area contributed by atoms with E-state index in [1.165, 1.54) is 0 Å². The lowest BCUT2D eigenvalue weighted by molar-refractivity contribution is 0.0950. The number of hydrogen-bond donors (Lipinski definition) is 1. The molecule has 24 heavy (non-hydrogen) atoms. The number of amides is 1. The van der Waals surface area contributed by atoms with Gasteiger partial charge in [0.05, 0.1) is 36.4 Å². The Bertz CT molecular complexity index is 995. The second kappa shape index (κ2) is 6.13. The first-order valence-corrected chi connectivity index (χ1v) is 7.85. The van der Waals surface area contributed by atoms with Crippen LogP contribution >= 0.6 is 11.7 Å². The van der Waals surface area contributed by atoms with Gasteiger partial charge in [-0.05, 0) is 30.3 Å². The highest BCUT2D eigenvalue weighted by Gasteiger charge is 2.09. The average molecular weight is 337 g/mol. The minimum Gasteiger partial charge on any atom is -0.346 e. The molecular formula is C15H11N7OS. The number of fused-ring (bicyclic) bond motifs is 1. The number of rotatable bonds is 4. The lowest BCUT2D eigenvalue weighted by Gasteiger charge is -2.02. The van der Waals surface area contributed by atoms with Gasteiger partial charge in [0.2, 0.25) is 0 Å². The largest absolute Gasteiger partial charge is 0.346 e. The zero-order chi connectivity index (χ0) is 16.4. The molecule has 9 heteroatoms. The molecule has 0 aliphatic rings. The summed E-state index contributed by atoms with van der Waals surface area (Å²) in [6.07, 6.45) is 5.13. The Morgan fingerprint density at radius 2 is 2.12 bits per heavy atom. The van der Waals surface area contributed by atoms with Crippen molar-refractivity contribution in [1.29, 1.82) is 0 Å². The Labute approximate surface area is 140 Å². The van der Waals surface area contributed by atoms with E-state index in [-0.39, 0.29) is 12.5 Å². The minimum atomic E-state index is -0.194. The Hall–Kier alpha value is -3.20. The van der Waals surface area contributed by atoms with Gasteiger partial charge in [0, 0.05) is 11.8 Å². The average Bonchev–Trinajstić information content (AvgIpc) is 3.29. The highest BCUT2D eigenvalue weighted by atomic mass is 32.1. The number of carbonyl (C=O) groups excluding carboxylic acids is 1. The van der Waals surface area contributed by atoms with Crippen molar-refractivity contribution in [3.05, 3.63) is 60.2 Å². The van der Waals surface area contributed by atoms with Gasteiger partial charge >= 0.3 is 0 Å². The Balaban J connectivity index is 1.45. The number of nitrogens with one attached hydrogen (secondary N) is 1. The van der Waals surface area contributed by atoms with E-state index >= 15 is 0 Å². The zero-order valence-corrected chi connectivity index (χ0v) is 13.1. The molecular weight excluding hydrogens is 326 g/mol. The van der Waals surface area contributed by atoms with Crippen LogP contribution in [0.2, 0.25) is 0 Å². The van der Waals surface area contributed by atoms with Crippen LogP contribution in [0.15, 0.2) is 48.9 Å². The summed E-state index contributed by atoms with van der Waals surface area (Å²) in [6, 6.07) is 8.93. The first-order valence-electron chi connectivity index (χ1n) is 7.12. The normalized spacial score (nSPS) is 10.8. The molecule has 4 aromatic rings. The van der Waals surface area contributed by atoms with Gasteiger partial charge in [-0.1, -0.05) is 5.21 Å². The molecule has 8 nitrogen and oxygen atoms in total. The van der Waals surface area contributed by atoms with E-state index in [9.17, 15) is 4.79 Å². The van der Waals surface area contributed by atoms with Crippen molar-refractivity contribution >= 4 is 28.7 Å². The molecule has 118 valence electrons. The quantitative estimate of drug-likeness (QED) is 0.607. The summed E-state index contributed by atoms with van der Waals surface area (Å²) < 4.78 is 9.87. The minimum absolute atomic E-state index is 0.194. The fraction of sp³-hybridized carbons (Fsp3) is 0.0667. The van der Waals surface area contributed by atoms with Crippen LogP contribution in [0, 0.1) is 0 Å². The summed E-state index contributed by atoms with van der Waals surface area (Å²) in [7, 11) is 0. The lowest BCUT2D eigenvalue weighted by Crippen LogP contribution is -2.22. The molecule has 0 bridgehead atoms. The van der Waals surface area contributed by atoms with Gasteiger partial charge in [0.1, 0.15) is 16.7 Å². The van der Waals surface area contributed by atoms with Crippen LogP contribution in [0.5, 0.6) is 0 Å². The first-order chi connectivity index (χ1) is 11.8. The predicted octanol–water partition coefficient (Wildman–Crippen LogP) is 1.60. The van der Waals surface area contributed by atoms with Gasteiger partial charge in [-0.15, -0.1) is 5.10 Å². The molecule has 0 saturated carbocycles. The molecule has 0 unspecified atom stereocenters. The third kappa shape index (κ3) is 2.84. The highest BCUT2D eigenvalue weighted by Crippen LogP contribution is 2.13. The third-order valence-corrected chi connectivity index (χ3v) is 3.95. The molecule has 1 aromatic carbocycles. The third-order valence-electron chi connectivity index (χ3n) is 3.40. The molecule has 3 heterocycles. The second-order valence-electron chi connectivity index (χ2n) is 5.02. The molecule has 4 rings (SSSR count). The molecule has 0 radical (unpaired) electrons. The fourth-order valence-electron chi connectivity index (χ4n) is 2.19. The second-order valence-corrected chi connectivity index (χ2v) is 5.54. The van der Waals surface area contributed by atoms with E-state index in [4.69, 9.17) is 0 Å². The highest BCUT2D eigenvalue weighted by molar-refractivity contribution is 7.00. The number of benzene rings is 1. The summed E-state index contributed by atoms with van der Waals surface area (Å²) in [5.74, 6) is -0.194. The van der Waals surface area contributed by atoms with E-state index in [2.05, 4.69) is 29.4 Å².